The van der Waals surface area contributed by atoms with Gasteiger partial charge in [0.15, 0.2) is 5.13 Å². The highest BCUT2D eigenvalue weighted by Gasteiger charge is 2.31. The zero-order chi connectivity index (χ0) is 22.9. The van der Waals surface area contributed by atoms with Crippen molar-refractivity contribution < 1.29 is 18.8 Å². The van der Waals surface area contributed by atoms with Crippen molar-refractivity contribution in [1.29, 1.82) is 0 Å². The van der Waals surface area contributed by atoms with E-state index in [4.69, 9.17) is 0 Å². The molecule has 3 amide bonds. The first kappa shape index (κ1) is 20.9. The summed E-state index contributed by atoms with van der Waals surface area (Å²) in [5.41, 5.74) is 1.45. The second-order valence-corrected chi connectivity index (χ2v) is 8.48. The van der Waals surface area contributed by atoms with Gasteiger partial charge in [0, 0.05) is 24.6 Å². The van der Waals surface area contributed by atoms with Crippen molar-refractivity contribution in [1.82, 2.24) is 9.97 Å². The Morgan fingerprint density at radius 3 is 2.55 bits per heavy atom. The number of nitrogens with zero attached hydrogens (tertiary/aromatic N) is 4. The van der Waals surface area contributed by atoms with Crippen molar-refractivity contribution in [2.45, 2.75) is 19.4 Å². The molecule has 0 N–H and O–H groups in total. The van der Waals surface area contributed by atoms with Crippen LogP contribution in [0.5, 0.6) is 0 Å². The number of thiazole rings is 1. The minimum atomic E-state index is -0.465. The van der Waals surface area contributed by atoms with Gasteiger partial charge < -0.3 is 0 Å². The van der Waals surface area contributed by atoms with Crippen LogP contribution in [0.15, 0.2) is 66.9 Å². The van der Waals surface area contributed by atoms with Gasteiger partial charge in [-0.2, -0.15) is 0 Å². The van der Waals surface area contributed by atoms with Gasteiger partial charge in [-0.25, -0.2) is 9.37 Å². The number of amides is 3. The summed E-state index contributed by atoms with van der Waals surface area (Å²) in [6.07, 6.45) is 1.93. The molecule has 1 aliphatic rings. The molecule has 5 rings (SSSR count). The first-order valence-electron chi connectivity index (χ1n) is 10.2. The number of pyridine rings is 1. The summed E-state index contributed by atoms with van der Waals surface area (Å²) in [4.78, 5) is 49.1. The predicted molar refractivity (Wildman–Crippen MR) is 122 cm³/mol. The second-order valence-electron chi connectivity index (χ2n) is 7.47. The summed E-state index contributed by atoms with van der Waals surface area (Å²) in [7, 11) is 0. The Morgan fingerprint density at radius 2 is 1.82 bits per heavy atom. The fourth-order valence-corrected chi connectivity index (χ4v) is 4.67. The summed E-state index contributed by atoms with van der Waals surface area (Å²) in [5.74, 6) is -1.46. The standard InChI is InChI=1S/C24H17FN4O3S/c25-18-8-4-9-19-22(18)27-24(33-19)28(14-16-6-1-2-12-26-16)23(32)15-5-3-7-17(13-15)29-20(30)10-11-21(29)31/h1-9,12-13H,10-11,14H2. The SMILES string of the molecule is O=C(c1cccc(N2C(=O)CCC2=O)c1)N(Cc1ccccn1)c1nc2c(F)cccc2s1. The van der Waals surface area contributed by atoms with Gasteiger partial charge in [-0.05, 0) is 42.5 Å². The molecule has 1 saturated heterocycles. The first-order valence-corrected chi connectivity index (χ1v) is 11.1. The summed E-state index contributed by atoms with van der Waals surface area (Å²) in [6.45, 7) is 0.118. The van der Waals surface area contributed by atoms with E-state index in [0.717, 1.165) is 4.90 Å². The zero-order valence-electron chi connectivity index (χ0n) is 17.3. The number of rotatable bonds is 5. The summed E-state index contributed by atoms with van der Waals surface area (Å²) >= 11 is 1.20. The van der Waals surface area contributed by atoms with Crippen molar-refractivity contribution in [2.75, 3.05) is 9.80 Å². The van der Waals surface area contributed by atoms with E-state index in [1.165, 1.54) is 28.4 Å². The number of carbonyl (C=O) groups is 3. The lowest BCUT2D eigenvalue weighted by atomic mass is 10.1. The molecule has 1 fully saturated rings. The van der Waals surface area contributed by atoms with E-state index >= 15 is 0 Å². The topological polar surface area (TPSA) is 83.5 Å². The van der Waals surface area contributed by atoms with E-state index in [1.54, 1.807) is 48.7 Å². The molecule has 0 aliphatic carbocycles. The Morgan fingerprint density at radius 1 is 1.03 bits per heavy atom. The smallest absolute Gasteiger partial charge is 0.260 e. The zero-order valence-corrected chi connectivity index (χ0v) is 18.1. The molecule has 2 aromatic heterocycles. The lowest BCUT2D eigenvalue weighted by molar-refractivity contribution is -0.121. The lowest BCUT2D eigenvalue weighted by Crippen LogP contribution is -2.32. The molecule has 1 aliphatic heterocycles. The van der Waals surface area contributed by atoms with Crippen molar-refractivity contribution in [3.63, 3.8) is 0 Å². The van der Waals surface area contributed by atoms with Crippen molar-refractivity contribution in [3.8, 4) is 0 Å². The molecule has 33 heavy (non-hydrogen) atoms. The lowest BCUT2D eigenvalue weighted by Gasteiger charge is -2.21. The van der Waals surface area contributed by atoms with Crippen molar-refractivity contribution in [2.24, 2.45) is 0 Å². The minimum Gasteiger partial charge on any atom is -0.278 e. The van der Waals surface area contributed by atoms with Gasteiger partial charge in [0.2, 0.25) is 11.8 Å². The fourth-order valence-electron chi connectivity index (χ4n) is 3.70. The number of fused-ring (bicyclic) bond motifs is 1. The van der Waals surface area contributed by atoms with Crippen LogP contribution in [0.25, 0.3) is 10.2 Å². The number of aromatic nitrogens is 2. The number of anilines is 2. The van der Waals surface area contributed by atoms with Gasteiger partial charge in [0.1, 0.15) is 11.3 Å². The number of benzene rings is 2. The quantitative estimate of drug-likeness (QED) is 0.414. The first-order chi connectivity index (χ1) is 16.0. The van der Waals surface area contributed by atoms with Crippen LogP contribution in [0.1, 0.15) is 28.9 Å². The molecule has 0 spiro atoms. The van der Waals surface area contributed by atoms with E-state index in [2.05, 4.69) is 9.97 Å². The number of hydrogen-bond donors (Lipinski definition) is 0. The molecule has 0 unspecified atom stereocenters. The third kappa shape index (κ3) is 3.98. The molecule has 0 radical (unpaired) electrons. The van der Waals surface area contributed by atoms with E-state index in [0.29, 0.717) is 21.2 Å². The van der Waals surface area contributed by atoms with Crippen molar-refractivity contribution in [3.05, 3.63) is 83.9 Å². The predicted octanol–water partition coefficient (Wildman–Crippen LogP) is 4.33. The van der Waals surface area contributed by atoms with Crippen molar-refractivity contribution >= 4 is 50.1 Å². The third-order valence-corrected chi connectivity index (χ3v) is 6.33. The number of carbonyl (C=O) groups excluding carboxylic acids is 3. The van der Waals surface area contributed by atoms with Crippen LogP contribution in [0.2, 0.25) is 0 Å². The third-order valence-electron chi connectivity index (χ3n) is 5.28. The normalized spacial score (nSPS) is 13.7. The maximum atomic E-state index is 14.3. The van der Waals surface area contributed by atoms with Crippen LogP contribution in [-0.2, 0) is 16.1 Å². The van der Waals surface area contributed by atoms with E-state index in [9.17, 15) is 18.8 Å². The van der Waals surface area contributed by atoms with Gasteiger partial charge in [0.05, 0.1) is 22.6 Å². The molecule has 3 heterocycles. The van der Waals surface area contributed by atoms with Crippen LogP contribution in [0.4, 0.5) is 15.2 Å². The molecule has 2 aromatic carbocycles. The molecule has 164 valence electrons. The molecule has 9 heteroatoms. The van der Waals surface area contributed by atoms with Crippen LogP contribution in [0, 0.1) is 5.82 Å². The second kappa shape index (κ2) is 8.51. The molecular formula is C24H17FN4O3S. The fraction of sp³-hybridized carbons (Fsp3) is 0.125. The Kier molecular flexibility index (Phi) is 5.39. The van der Waals surface area contributed by atoms with Crippen LogP contribution < -0.4 is 9.80 Å². The Labute approximate surface area is 192 Å². The van der Waals surface area contributed by atoms with E-state index in [1.807, 2.05) is 6.07 Å². The molecule has 0 bridgehead atoms. The molecular weight excluding hydrogens is 443 g/mol. The summed E-state index contributed by atoms with van der Waals surface area (Å²) in [6, 6.07) is 16.4. The molecule has 0 saturated carbocycles. The Balaban J connectivity index is 1.55. The van der Waals surface area contributed by atoms with Crippen LogP contribution in [-0.4, -0.2) is 27.7 Å². The largest absolute Gasteiger partial charge is 0.278 e. The monoisotopic (exact) mass is 460 g/mol. The van der Waals surface area contributed by atoms with Crippen LogP contribution in [0.3, 0.4) is 0 Å². The Hall–Kier alpha value is -3.98. The molecule has 0 atom stereocenters. The van der Waals surface area contributed by atoms with E-state index in [-0.39, 0.29) is 42.3 Å². The van der Waals surface area contributed by atoms with E-state index < -0.39 is 11.7 Å². The average molecular weight is 460 g/mol. The number of halogens is 1. The van der Waals surface area contributed by atoms with Gasteiger partial charge >= 0.3 is 0 Å². The number of imide groups is 1. The number of hydrogen-bond acceptors (Lipinski definition) is 6. The summed E-state index contributed by atoms with van der Waals surface area (Å²) in [5, 5.41) is 0.324. The molecule has 4 aromatic rings. The highest BCUT2D eigenvalue weighted by Crippen LogP contribution is 2.32. The van der Waals surface area contributed by atoms with Gasteiger partial charge in [-0.15, -0.1) is 0 Å². The Bertz CT molecular complexity index is 1370. The highest BCUT2D eigenvalue weighted by molar-refractivity contribution is 7.22. The minimum absolute atomic E-state index is 0.118. The van der Waals surface area contributed by atoms with Gasteiger partial charge in [-0.3, -0.25) is 29.2 Å². The van der Waals surface area contributed by atoms with Gasteiger partial charge in [0.25, 0.3) is 5.91 Å². The maximum Gasteiger partial charge on any atom is 0.260 e. The average Bonchev–Trinajstić information content (AvgIpc) is 3.41. The molecule has 7 nitrogen and oxygen atoms in total. The van der Waals surface area contributed by atoms with Gasteiger partial charge in [-0.1, -0.05) is 29.5 Å². The maximum absolute atomic E-state index is 14.3. The van der Waals surface area contributed by atoms with Crippen LogP contribution >= 0.6 is 11.3 Å². The summed E-state index contributed by atoms with van der Waals surface area (Å²) < 4.78 is 14.9. The number of para-hydroxylation sites is 1. The highest BCUT2D eigenvalue weighted by atomic mass is 32.1.